The highest BCUT2D eigenvalue weighted by atomic mass is 16.5. The lowest BCUT2D eigenvalue weighted by Gasteiger charge is -2.17. The van der Waals surface area contributed by atoms with Gasteiger partial charge in [-0.2, -0.15) is 0 Å². The molecule has 1 aromatic heterocycles. The van der Waals surface area contributed by atoms with Crippen LogP contribution in [-0.2, 0) is 24.1 Å². The molecule has 0 saturated carbocycles. The Hall–Kier alpha value is -3.08. The zero-order chi connectivity index (χ0) is 19.8. The number of nitrogens with zero attached hydrogens (tertiary/aromatic N) is 1. The number of carbonyl (C=O) groups is 1. The molecule has 5 nitrogen and oxygen atoms in total. The third-order valence-corrected chi connectivity index (χ3v) is 6.00. The zero-order valence-electron chi connectivity index (χ0n) is 16.3. The molecule has 2 heterocycles. The number of hydrogen-bond donors (Lipinski definition) is 0. The Labute approximate surface area is 168 Å². The molecule has 1 aliphatic carbocycles. The zero-order valence-corrected chi connectivity index (χ0v) is 16.3. The molecule has 0 saturated heterocycles. The molecule has 0 radical (unpaired) electrons. The summed E-state index contributed by atoms with van der Waals surface area (Å²) in [6, 6.07) is 13.5. The summed E-state index contributed by atoms with van der Waals surface area (Å²) in [5, 5.41) is 0.980. The number of ether oxygens (including phenoxy) is 1. The van der Waals surface area contributed by atoms with E-state index in [2.05, 4.69) is 6.07 Å². The van der Waals surface area contributed by atoms with Crippen LogP contribution < -0.4 is 15.3 Å². The molecule has 0 bridgehead atoms. The number of amides is 1. The van der Waals surface area contributed by atoms with Gasteiger partial charge in [0.2, 0.25) is 0 Å². The smallest absolute Gasteiger partial charge is 0.339 e. The molecular weight excluding hydrogens is 366 g/mol. The largest absolute Gasteiger partial charge is 0.484 e. The number of anilines is 1. The number of para-hydroxylation sites is 1. The predicted octanol–water partition coefficient (Wildman–Crippen LogP) is 4.03. The summed E-state index contributed by atoms with van der Waals surface area (Å²) in [5.41, 5.74) is 4.39. The van der Waals surface area contributed by atoms with Crippen LogP contribution in [0.5, 0.6) is 5.75 Å². The van der Waals surface area contributed by atoms with Crippen LogP contribution in [0.2, 0.25) is 0 Å². The van der Waals surface area contributed by atoms with Gasteiger partial charge in [-0.15, -0.1) is 0 Å². The van der Waals surface area contributed by atoms with Crippen molar-refractivity contribution in [1.82, 2.24) is 0 Å². The summed E-state index contributed by atoms with van der Waals surface area (Å²) in [7, 11) is 0. The van der Waals surface area contributed by atoms with Crippen molar-refractivity contribution in [3.05, 3.63) is 69.6 Å². The minimum absolute atomic E-state index is 0.0466. The SMILES string of the molecule is O=C(COc1ccc2c3c(c(=O)oc2c1)CCCCC3)N1CCc2ccccc21. The van der Waals surface area contributed by atoms with Crippen LogP contribution in [-0.4, -0.2) is 19.1 Å². The van der Waals surface area contributed by atoms with Crippen LogP contribution in [0.25, 0.3) is 11.0 Å². The van der Waals surface area contributed by atoms with Gasteiger partial charge in [-0.3, -0.25) is 4.79 Å². The van der Waals surface area contributed by atoms with Gasteiger partial charge in [-0.25, -0.2) is 4.79 Å². The Morgan fingerprint density at radius 3 is 2.72 bits per heavy atom. The van der Waals surface area contributed by atoms with Crippen molar-refractivity contribution in [3.8, 4) is 5.75 Å². The third-order valence-electron chi connectivity index (χ3n) is 6.00. The van der Waals surface area contributed by atoms with Gasteiger partial charge in [-0.05, 0) is 61.4 Å². The summed E-state index contributed by atoms with van der Waals surface area (Å²) < 4.78 is 11.3. The maximum absolute atomic E-state index is 12.7. The van der Waals surface area contributed by atoms with Crippen LogP contribution in [0.15, 0.2) is 51.7 Å². The normalized spacial score (nSPS) is 15.7. The number of rotatable bonds is 3. The lowest BCUT2D eigenvalue weighted by Crippen LogP contribution is -2.33. The van der Waals surface area contributed by atoms with E-state index in [1.54, 1.807) is 11.0 Å². The Morgan fingerprint density at radius 2 is 1.83 bits per heavy atom. The van der Waals surface area contributed by atoms with Crippen LogP contribution >= 0.6 is 0 Å². The van der Waals surface area contributed by atoms with Gasteiger partial charge < -0.3 is 14.1 Å². The lowest BCUT2D eigenvalue weighted by atomic mass is 10.0. The van der Waals surface area contributed by atoms with E-state index >= 15 is 0 Å². The molecule has 0 fully saturated rings. The van der Waals surface area contributed by atoms with E-state index in [1.165, 1.54) is 5.56 Å². The highest BCUT2D eigenvalue weighted by Gasteiger charge is 2.24. The van der Waals surface area contributed by atoms with Crippen molar-refractivity contribution in [1.29, 1.82) is 0 Å². The van der Waals surface area contributed by atoms with Crippen LogP contribution in [0, 0.1) is 0 Å². The van der Waals surface area contributed by atoms with Gasteiger partial charge >= 0.3 is 5.63 Å². The topological polar surface area (TPSA) is 59.8 Å². The van der Waals surface area contributed by atoms with Gasteiger partial charge in [0, 0.05) is 29.2 Å². The molecule has 0 spiro atoms. The highest BCUT2D eigenvalue weighted by molar-refractivity contribution is 5.96. The molecule has 5 rings (SSSR count). The van der Waals surface area contributed by atoms with E-state index in [0.717, 1.165) is 60.7 Å². The first-order chi connectivity index (χ1) is 14.2. The second-order valence-electron chi connectivity index (χ2n) is 7.78. The predicted molar refractivity (Wildman–Crippen MR) is 112 cm³/mol. The summed E-state index contributed by atoms with van der Waals surface area (Å²) in [4.78, 5) is 26.9. The van der Waals surface area contributed by atoms with E-state index in [-0.39, 0.29) is 18.1 Å². The van der Waals surface area contributed by atoms with Crippen LogP contribution in [0.3, 0.4) is 0 Å². The Bertz CT molecular complexity index is 1150. The fourth-order valence-corrected chi connectivity index (χ4v) is 4.51. The number of hydrogen-bond acceptors (Lipinski definition) is 4. The van der Waals surface area contributed by atoms with Crippen molar-refractivity contribution >= 4 is 22.6 Å². The minimum Gasteiger partial charge on any atom is -0.484 e. The molecule has 5 heteroatoms. The standard InChI is InChI=1S/C24H23NO4/c26-23(25-13-12-16-6-4-5-9-21(16)25)15-28-17-10-11-19-18-7-2-1-3-8-20(18)24(27)29-22(19)14-17/h4-6,9-11,14H,1-3,7-8,12-13,15H2. The van der Waals surface area contributed by atoms with Crippen molar-refractivity contribution in [2.45, 2.75) is 38.5 Å². The average molecular weight is 389 g/mol. The third kappa shape index (κ3) is 3.31. The van der Waals surface area contributed by atoms with E-state index in [9.17, 15) is 9.59 Å². The summed E-state index contributed by atoms with van der Waals surface area (Å²) in [6.45, 7) is 0.634. The Morgan fingerprint density at radius 1 is 1.00 bits per heavy atom. The molecule has 2 aliphatic rings. The summed E-state index contributed by atoms with van der Waals surface area (Å²) in [5.74, 6) is 0.466. The van der Waals surface area contributed by atoms with E-state index in [0.29, 0.717) is 17.9 Å². The minimum atomic E-state index is -0.240. The second kappa shape index (κ2) is 7.39. The van der Waals surface area contributed by atoms with Crippen molar-refractivity contribution < 1.29 is 13.9 Å². The molecule has 3 aromatic rings. The first kappa shape index (κ1) is 18.0. The molecular formula is C24H23NO4. The van der Waals surface area contributed by atoms with Crippen LogP contribution in [0.1, 0.15) is 36.0 Å². The van der Waals surface area contributed by atoms with Crippen LogP contribution in [0.4, 0.5) is 5.69 Å². The summed E-state index contributed by atoms with van der Waals surface area (Å²) in [6.07, 6.45) is 5.83. The highest BCUT2D eigenvalue weighted by Crippen LogP contribution is 2.30. The summed E-state index contributed by atoms with van der Waals surface area (Å²) >= 11 is 0. The van der Waals surface area contributed by atoms with Gasteiger partial charge in [-0.1, -0.05) is 24.6 Å². The first-order valence-electron chi connectivity index (χ1n) is 10.3. The van der Waals surface area contributed by atoms with Crippen molar-refractivity contribution in [2.75, 3.05) is 18.1 Å². The first-order valence-corrected chi connectivity index (χ1v) is 10.3. The maximum Gasteiger partial charge on any atom is 0.339 e. The fourth-order valence-electron chi connectivity index (χ4n) is 4.51. The second-order valence-corrected chi connectivity index (χ2v) is 7.78. The molecule has 148 valence electrons. The van der Waals surface area contributed by atoms with Gasteiger partial charge in [0.15, 0.2) is 6.61 Å². The number of carbonyl (C=O) groups excluding carboxylic acids is 1. The molecule has 29 heavy (non-hydrogen) atoms. The molecule has 0 N–H and O–H groups in total. The van der Waals surface area contributed by atoms with Crippen molar-refractivity contribution in [2.24, 2.45) is 0 Å². The van der Waals surface area contributed by atoms with Gasteiger partial charge in [0.05, 0.1) is 0 Å². The molecule has 2 aromatic carbocycles. The van der Waals surface area contributed by atoms with Gasteiger partial charge in [0.25, 0.3) is 5.91 Å². The maximum atomic E-state index is 12.7. The Balaban J connectivity index is 1.36. The Kier molecular flexibility index (Phi) is 4.58. The number of fused-ring (bicyclic) bond motifs is 4. The van der Waals surface area contributed by atoms with E-state index < -0.39 is 0 Å². The average Bonchev–Trinajstić information content (AvgIpc) is 3.01. The quantitative estimate of drug-likeness (QED) is 0.501. The van der Waals surface area contributed by atoms with Crippen molar-refractivity contribution in [3.63, 3.8) is 0 Å². The molecule has 1 amide bonds. The lowest BCUT2D eigenvalue weighted by molar-refractivity contribution is -0.120. The number of aryl methyl sites for hydroxylation is 1. The van der Waals surface area contributed by atoms with E-state index in [4.69, 9.17) is 9.15 Å². The number of benzene rings is 2. The molecule has 1 aliphatic heterocycles. The van der Waals surface area contributed by atoms with E-state index in [1.807, 2.05) is 30.3 Å². The molecule has 0 atom stereocenters. The van der Waals surface area contributed by atoms with Gasteiger partial charge in [0.1, 0.15) is 11.3 Å². The fraction of sp³-hybridized carbons (Fsp3) is 0.333. The monoisotopic (exact) mass is 389 g/mol. The molecule has 0 unspecified atom stereocenters.